The number of methoxy groups -OCH3 is 1. The van der Waals surface area contributed by atoms with Gasteiger partial charge in [-0.25, -0.2) is 0 Å². The van der Waals surface area contributed by atoms with Gasteiger partial charge in [0.25, 0.3) is 5.91 Å². The number of hydrogen-bond donors (Lipinski definition) is 1. The van der Waals surface area contributed by atoms with Gasteiger partial charge in [-0.3, -0.25) is 4.79 Å². The van der Waals surface area contributed by atoms with Crippen LogP contribution in [0.15, 0.2) is 75.2 Å². The lowest BCUT2D eigenvalue weighted by Crippen LogP contribution is -2.13. The van der Waals surface area contributed by atoms with Crippen LogP contribution in [0.2, 0.25) is 0 Å². The van der Waals surface area contributed by atoms with E-state index in [1.807, 2.05) is 43.3 Å². The fourth-order valence-corrected chi connectivity index (χ4v) is 3.63. The number of anilines is 1. The number of ether oxygens (including phenoxy) is 2. The molecule has 1 N–H and O–H groups in total. The van der Waals surface area contributed by atoms with E-state index >= 15 is 0 Å². The first-order valence-corrected chi connectivity index (χ1v) is 11.2. The highest BCUT2D eigenvalue weighted by Crippen LogP contribution is 2.35. The number of halogens is 2. The maximum absolute atomic E-state index is 12.6. The highest BCUT2D eigenvalue weighted by molar-refractivity contribution is 9.10. The average molecular weight is 556 g/mol. The van der Waals surface area contributed by atoms with E-state index in [1.165, 1.54) is 6.08 Å². The minimum absolute atomic E-state index is 0.0379. The number of nitrogens with one attached hydrogen (secondary N) is 1. The van der Waals surface area contributed by atoms with Gasteiger partial charge < -0.3 is 14.8 Å². The van der Waals surface area contributed by atoms with Crippen molar-refractivity contribution in [3.05, 3.63) is 91.9 Å². The SMILES string of the molecule is COc1cc(/C=C(/C#N)C(=O)Nc2ccc(Br)cc2)c(Br)cc1OCc1cccc(C)c1. The molecule has 7 heteroatoms. The van der Waals surface area contributed by atoms with Crippen molar-refractivity contribution in [2.45, 2.75) is 13.5 Å². The number of benzene rings is 3. The summed E-state index contributed by atoms with van der Waals surface area (Å²) in [5, 5.41) is 12.2. The quantitative estimate of drug-likeness (QED) is 0.261. The van der Waals surface area contributed by atoms with Crippen LogP contribution in [0.3, 0.4) is 0 Å². The molecule has 0 bridgehead atoms. The Hall–Kier alpha value is -3.08. The summed E-state index contributed by atoms with van der Waals surface area (Å²) in [5.74, 6) is 0.550. The van der Waals surface area contributed by atoms with Crippen LogP contribution in [0.1, 0.15) is 16.7 Å². The van der Waals surface area contributed by atoms with E-state index in [2.05, 4.69) is 43.2 Å². The molecule has 0 heterocycles. The van der Waals surface area contributed by atoms with E-state index in [0.29, 0.717) is 33.8 Å². The second-order valence-corrected chi connectivity index (χ2v) is 8.70. The Kier molecular flexibility index (Phi) is 8.09. The molecule has 3 rings (SSSR count). The Labute approximate surface area is 203 Å². The maximum Gasteiger partial charge on any atom is 0.266 e. The van der Waals surface area contributed by atoms with Crippen LogP contribution in [-0.2, 0) is 11.4 Å². The molecule has 3 aromatic carbocycles. The Balaban J connectivity index is 1.81. The largest absolute Gasteiger partial charge is 0.493 e. The molecule has 0 saturated carbocycles. The molecule has 0 aromatic heterocycles. The van der Waals surface area contributed by atoms with Gasteiger partial charge >= 0.3 is 0 Å². The number of amides is 1. The molecule has 162 valence electrons. The summed E-state index contributed by atoms with van der Waals surface area (Å²) in [7, 11) is 1.54. The van der Waals surface area contributed by atoms with Crippen LogP contribution in [0.25, 0.3) is 6.08 Å². The molecule has 0 atom stereocenters. The summed E-state index contributed by atoms with van der Waals surface area (Å²) < 4.78 is 13.0. The molecule has 0 aliphatic rings. The topological polar surface area (TPSA) is 71.3 Å². The second-order valence-electron chi connectivity index (χ2n) is 6.93. The summed E-state index contributed by atoms with van der Waals surface area (Å²) in [6.45, 7) is 2.42. The zero-order valence-corrected chi connectivity index (χ0v) is 20.7. The molecule has 1 amide bonds. The molecule has 3 aromatic rings. The number of carbonyl (C=O) groups excluding carboxylic acids is 1. The fraction of sp³-hybridized carbons (Fsp3) is 0.120. The number of nitriles is 1. The Bertz CT molecular complexity index is 1200. The Morgan fingerprint density at radius 2 is 1.84 bits per heavy atom. The van der Waals surface area contributed by atoms with Gasteiger partial charge in [-0.05, 0) is 60.5 Å². The molecular formula is C25H20Br2N2O3. The van der Waals surface area contributed by atoms with Crippen molar-refractivity contribution in [2.24, 2.45) is 0 Å². The molecule has 0 radical (unpaired) electrons. The third kappa shape index (κ3) is 6.22. The lowest BCUT2D eigenvalue weighted by molar-refractivity contribution is -0.112. The van der Waals surface area contributed by atoms with E-state index in [9.17, 15) is 10.1 Å². The molecule has 0 aliphatic heterocycles. The van der Waals surface area contributed by atoms with E-state index in [-0.39, 0.29) is 5.57 Å². The van der Waals surface area contributed by atoms with Crippen LogP contribution in [0.4, 0.5) is 5.69 Å². The summed E-state index contributed by atoms with van der Waals surface area (Å²) in [6, 6.07) is 20.6. The first kappa shape index (κ1) is 23.6. The van der Waals surface area contributed by atoms with Crippen molar-refractivity contribution >= 4 is 49.5 Å². The molecule has 0 aliphatic carbocycles. The molecule has 32 heavy (non-hydrogen) atoms. The first-order valence-electron chi connectivity index (χ1n) is 9.64. The summed E-state index contributed by atoms with van der Waals surface area (Å²) in [6.07, 6.45) is 1.51. The van der Waals surface area contributed by atoms with Gasteiger partial charge in [0.05, 0.1) is 7.11 Å². The third-order valence-corrected chi connectivity index (χ3v) is 5.74. The van der Waals surface area contributed by atoms with Crippen molar-refractivity contribution in [2.75, 3.05) is 12.4 Å². The van der Waals surface area contributed by atoms with E-state index < -0.39 is 5.91 Å². The predicted molar refractivity (Wildman–Crippen MR) is 133 cm³/mol. The number of rotatable bonds is 7. The molecule has 5 nitrogen and oxygen atoms in total. The average Bonchev–Trinajstić information content (AvgIpc) is 2.78. The van der Waals surface area contributed by atoms with Crippen LogP contribution >= 0.6 is 31.9 Å². The number of carbonyl (C=O) groups is 1. The summed E-state index contributed by atoms with van der Waals surface area (Å²) >= 11 is 6.85. The van der Waals surface area contributed by atoms with Crippen LogP contribution in [-0.4, -0.2) is 13.0 Å². The van der Waals surface area contributed by atoms with E-state index in [4.69, 9.17) is 9.47 Å². The zero-order chi connectivity index (χ0) is 23.1. The monoisotopic (exact) mass is 554 g/mol. The summed E-state index contributed by atoms with van der Waals surface area (Å²) in [4.78, 5) is 12.6. The molecular weight excluding hydrogens is 536 g/mol. The Morgan fingerprint density at radius 1 is 1.09 bits per heavy atom. The smallest absolute Gasteiger partial charge is 0.266 e. The minimum atomic E-state index is -0.500. The summed E-state index contributed by atoms with van der Waals surface area (Å²) in [5.41, 5.74) is 3.38. The highest BCUT2D eigenvalue weighted by atomic mass is 79.9. The molecule has 0 fully saturated rings. The normalized spacial score (nSPS) is 10.9. The second kappa shape index (κ2) is 11.0. The van der Waals surface area contributed by atoms with E-state index in [0.717, 1.165) is 15.6 Å². The lowest BCUT2D eigenvalue weighted by atomic mass is 10.1. The number of aryl methyl sites for hydroxylation is 1. The van der Waals surface area contributed by atoms with Gasteiger partial charge in [-0.1, -0.05) is 61.7 Å². The zero-order valence-electron chi connectivity index (χ0n) is 17.5. The van der Waals surface area contributed by atoms with Gasteiger partial charge in [0.1, 0.15) is 18.2 Å². The fourth-order valence-electron chi connectivity index (χ4n) is 2.93. The third-order valence-electron chi connectivity index (χ3n) is 4.53. The van der Waals surface area contributed by atoms with Gasteiger partial charge in [0.2, 0.25) is 0 Å². The standard InChI is InChI=1S/C25H20Br2N2O3/c1-16-4-3-5-17(10-16)15-32-24-13-22(27)18(12-23(24)31-2)11-19(14-28)25(30)29-21-8-6-20(26)7-9-21/h3-13H,15H2,1-2H3,(H,29,30)/b19-11-. The predicted octanol–water partition coefficient (Wildman–Crippen LogP) is 6.65. The van der Waals surface area contributed by atoms with Crippen molar-refractivity contribution < 1.29 is 14.3 Å². The molecule has 0 saturated heterocycles. The Morgan fingerprint density at radius 3 is 2.50 bits per heavy atom. The van der Waals surface area contributed by atoms with Gasteiger partial charge in [-0.15, -0.1) is 0 Å². The van der Waals surface area contributed by atoms with Crippen LogP contribution in [0.5, 0.6) is 11.5 Å². The first-order chi connectivity index (χ1) is 15.4. The van der Waals surface area contributed by atoms with Gasteiger partial charge in [0, 0.05) is 14.6 Å². The van der Waals surface area contributed by atoms with Crippen LogP contribution in [0, 0.1) is 18.3 Å². The number of nitrogens with zero attached hydrogens (tertiary/aromatic N) is 1. The minimum Gasteiger partial charge on any atom is -0.493 e. The van der Waals surface area contributed by atoms with Crippen LogP contribution < -0.4 is 14.8 Å². The molecule has 0 unspecified atom stereocenters. The van der Waals surface area contributed by atoms with Gasteiger partial charge in [0.15, 0.2) is 11.5 Å². The maximum atomic E-state index is 12.6. The van der Waals surface area contributed by atoms with Crippen molar-refractivity contribution in [3.63, 3.8) is 0 Å². The van der Waals surface area contributed by atoms with Crippen molar-refractivity contribution in [1.29, 1.82) is 5.26 Å². The van der Waals surface area contributed by atoms with Gasteiger partial charge in [-0.2, -0.15) is 5.26 Å². The number of hydrogen-bond acceptors (Lipinski definition) is 4. The lowest BCUT2D eigenvalue weighted by Gasteiger charge is -2.13. The van der Waals surface area contributed by atoms with E-state index in [1.54, 1.807) is 31.4 Å². The molecule has 0 spiro atoms. The van der Waals surface area contributed by atoms with Crippen molar-refractivity contribution in [3.8, 4) is 17.6 Å². The van der Waals surface area contributed by atoms with Crippen molar-refractivity contribution in [1.82, 2.24) is 0 Å². The highest BCUT2D eigenvalue weighted by Gasteiger charge is 2.14.